The van der Waals surface area contributed by atoms with Gasteiger partial charge in [-0.3, -0.25) is 4.79 Å². The van der Waals surface area contributed by atoms with Crippen molar-refractivity contribution in [3.63, 3.8) is 0 Å². The number of cyclic esters (lactones) is 1. The zero-order chi connectivity index (χ0) is 12.4. The van der Waals surface area contributed by atoms with Crippen molar-refractivity contribution in [3.05, 3.63) is 23.8 Å². The van der Waals surface area contributed by atoms with E-state index in [1.807, 2.05) is 12.1 Å². The van der Waals surface area contributed by atoms with Crippen LogP contribution in [-0.4, -0.2) is 25.4 Å². The molecule has 0 spiro atoms. The van der Waals surface area contributed by atoms with Gasteiger partial charge in [-0.05, 0) is 17.7 Å². The smallest absolute Gasteiger partial charge is 0.319 e. The van der Waals surface area contributed by atoms with Crippen molar-refractivity contribution in [2.24, 2.45) is 0 Å². The minimum absolute atomic E-state index is 0.246. The molecule has 1 aromatic carbocycles. The third-order valence-electron chi connectivity index (χ3n) is 2.75. The summed E-state index contributed by atoms with van der Waals surface area (Å²) in [5.41, 5.74) is 0.896. The van der Waals surface area contributed by atoms with Crippen molar-refractivity contribution in [3.8, 4) is 11.5 Å². The average molecular weight is 254 g/mol. The van der Waals surface area contributed by atoms with Gasteiger partial charge in [-0.25, -0.2) is 0 Å². The largest absolute Gasteiger partial charge is 0.493 e. The summed E-state index contributed by atoms with van der Waals surface area (Å²) in [6.07, 6.45) is 0.335. The minimum atomic E-state index is -0.340. The summed E-state index contributed by atoms with van der Waals surface area (Å²) >= 11 is 4.15. The summed E-state index contributed by atoms with van der Waals surface area (Å²) in [6.45, 7) is 0. The zero-order valence-corrected chi connectivity index (χ0v) is 10.6. The SMILES string of the molecule is COc1ccc([C@@H]2C[C@H](S)C(=O)O2)cc1OC. The van der Waals surface area contributed by atoms with Crippen LogP contribution in [0.5, 0.6) is 11.5 Å². The molecule has 1 aliphatic heterocycles. The second kappa shape index (κ2) is 4.87. The van der Waals surface area contributed by atoms with Crippen LogP contribution in [0.25, 0.3) is 0 Å². The lowest BCUT2D eigenvalue weighted by Crippen LogP contribution is -2.05. The van der Waals surface area contributed by atoms with Gasteiger partial charge in [0.15, 0.2) is 11.5 Å². The number of methoxy groups -OCH3 is 2. The molecule has 2 rings (SSSR count). The van der Waals surface area contributed by atoms with E-state index in [4.69, 9.17) is 14.2 Å². The molecule has 1 heterocycles. The van der Waals surface area contributed by atoms with Crippen LogP contribution in [0.1, 0.15) is 18.1 Å². The summed E-state index contributed by atoms with van der Waals surface area (Å²) in [4.78, 5) is 11.3. The average Bonchev–Trinajstić information content (AvgIpc) is 2.68. The maximum Gasteiger partial charge on any atom is 0.319 e. The van der Waals surface area contributed by atoms with Crippen molar-refractivity contribution in [1.82, 2.24) is 0 Å². The van der Waals surface area contributed by atoms with E-state index in [0.717, 1.165) is 5.56 Å². The first-order valence-corrected chi connectivity index (χ1v) is 5.78. The molecule has 1 aliphatic rings. The molecule has 0 bridgehead atoms. The van der Waals surface area contributed by atoms with Gasteiger partial charge in [0.2, 0.25) is 0 Å². The van der Waals surface area contributed by atoms with Gasteiger partial charge in [-0.1, -0.05) is 6.07 Å². The Morgan fingerprint density at radius 3 is 2.53 bits per heavy atom. The Morgan fingerprint density at radius 1 is 1.29 bits per heavy atom. The lowest BCUT2D eigenvalue weighted by atomic mass is 10.1. The maximum absolute atomic E-state index is 11.3. The first kappa shape index (κ1) is 12.1. The molecule has 1 saturated heterocycles. The minimum Gasteiger partial charge on any atom is -0.493 e. The van der Waals surface area contributed by atoms with Crippen LogP contribution in [0.3, 0.4) is 0 Å². The number of hydrogen-bond donors (Lipinski definition) is 1. The Balaban J connectivity index is 2.25. The predicted molar refractivity (Wildman–Crippen MR) is 65.8 cm³/mol. The topological polar surface area (TPSA) is 44.8 Å². The number of esters is 1. The van der Waals surface area contributed by atoms with Crippen molar-refractivity contribution in [1.29, 1.82) is 0 Å². The van der Waals surface area contributed by atoms with Crippen LogP contribution in [0.15, 0.2) is 18.2 Å². The maximum atomic E-state index is 11.3. The van der Waals surface area contributed by atoms with E-state index in [9.17, 15) is 4.79 Å². The lowest BCUT2D eigenvalue weighted by Gasteiger charge is -2.13. The fourth-order valence-electron chi connectivity index (χ4n) is 1.82. The Kier molecular flexibility index (Phi) is 3.47. The van der Waals surface area contributed by atoms with E-state index in [1.165, 1.54) is 0 Å². The van der Waals surface area contributed by atoms with E-state index in [1.54, 1.807) is 20.3 Å². The first-order chi connectivity index (χ1) is 8.15. The molecule has 5 heteroatoms. The van der Waals surface area contributed by atoms with Gasteiger partial charge >= 0.3 is 5.97 Å². The van der Waals surface area contributed by atoms with E-state index in [2.05, 4.69) is 12.6 Å². The third kappa shape index (κ3) is 2.34. The molecule has 0 amide bonds. The standard InChI is InChI=1S/C12H14O4S/c1-14-8-4-3-7(5-10(8)15-2)9-6-11(17)12(13)16-9/h3-5,9,11,17H,6H2,1-2H3/t9-,11-/m0/s1. The number of carbonyl (C=O) groups is 1. The van der Waals surface area contributed by atoms with Crippen LogP contribution in [0.2, 0.25) is 0 Å². The molecular formula is C12H14O4S. The number of rotatable bonds is 3. The molecule has 0 unspecified atom stereocenters. The summed E-state index contributed by atoms with van der Waals surface area (Å²) in [7, 11) is 3.15. The molecule has 17 heavy (non-hydrogen) atoms. The Bertz CT molecular complexity index is 433. The molecule has 0 saturated carbocycles. The molecule has 0 radical (unpaired) electrons. The first-order valence-electron chi connectivity index (χ1n) is 5.26. The van der Waals surface area contributed by atoms with Crippen LogP contribution in [0.4, 0.5) is 0 Å². The van der Waals surface area contributed by atoms with Gasteiger partial charge in [0.05, 0.1) is 14.2 Å². The summed E-state index contributed by atoms with van der Waals surface area (Å²) in [5.74, 6) is 1.01. The molecule has 1 fully saturated rings. The van der Waals surface area contributed by atoms with Gasteiger partial charge in [0.1, 0.15) is 11.4 Å². The number of thiol groups is 1. The van der Waals surface area contributed by atoms with Crippen LogP contribution < -0.4 is 9.47 Å². The molecule has 0 N–H and O–H groups in total. The van der Waals surface area contributed by atoms with Gasteiger partial charge in [-0.15, -0.1) is 0 Å². The van der Waals surface area contributed by atoms with Gasteiger partial charge in [-0.2, -0.15) is 12.6 Å². The highest BCUT2D eigenvalue weighted by molar-refractivity contribution is 7.81. The fourth-order valence-corrected chi connectivity index (χ4v) is 2.08. The highest BCUT2D eigenvalue weighted by atomic mass is 32.1. The van der Waals surface area contributed by atoms with Gasteiger partial charge < -0.3 is 14.2 Å². The van der Waals surface area contributed by atoms with Gasteiger partial charge in [0, 0.05) is 6.42 Å². The van der Waals surface area contributed by atoms with E-state index >= 15 is 0 Å². The van der Waals surface area contributed by atoms with E-state index in [-0.39, 0.29) is 17.3 Å². The second-order valence-electron chi connectivity index (χ2n) is 3.79. The highest BCUT2D eigenvalue weighted by Gasteiger charge is 2.33. The zero-order valence-electron chi connectivity index (χ0n) is 9.67. The number of hydrogen-bond acceptors (Lipinski definition) is 5. The summed E-state index contributed by atoms with van der Waals surface area (Å²) < 4.78 is 15.6. The van der Waals surface area contributed by atoms with Crippen molar-refractivity contribution in [2.75, 3.05) is 14.2 Å². The van der Waals surface area contributed by atoms with Crippen LogP contribution >= 0.6 is 12.6 Å². The normalized spacial score (nSPS) is 23.4. The van der Waals surface area contributed by atoms with E-state index < -0.39 is 0 Å². The number of ether oxygens (including phenoxy) is 3. The van der Waals surface area contributed by atoms with E-state index in [0.29, 0.717) is 17.9 Å². The summed E-state index contributed by atoms with van der Waals surface area (Å²) in [6, 6.07) is 5.49. The molecular weight excluding hydrogens is 240 g/mol. The molecule has 0 aliphatic carbocycles. The predicted octanol–water partition coefficient (Wildman–Crippen LogP) is 1.99. The molecule has 0 aromatic heterocycles. The third-order valence-corrected chi connectivity index (χ3v) is 3.17. The Hall–Kier alpha value is -1.36. The van der Waals surface area contributed by atoms with Crippen LogP contribution in [0, 0.1) is 0 Å². The summed E-state index contributed by atoms with van der Waals surface area (Å²) in [5, 5.41) is -0.340. The monoisotopic (exact) mass is 254 g/mol. The Morgan fingerprint density at radius 2 is 2.00 bits per heavy atom. The fraction of sp³-hybridized carbons (Fsp3) is 0.417. The highest BCUT2D eigenvalue weighted by Crippen LogP contribution is 2.36. The van der Waals surface area contributed by atoms with Crippen LogP contribution in [-0.2, 0) is 9.53 Å². The molecule has 4 nitrogen and oxygen atoms in total. The molecule has 92 valence electrons. The lowest BCUT2D eigenvalue weighted by molar-refractivity contribution is -0.141. The number of benzene rings is 1. The van der Waals surface area contributed by atoms with Gasteiger partial charge in [0.25, 0.3) is 0 Å². The second-order valence-corrected chi connectivity index (χ2v) is 4.41. The molecule has 2 atom stereocenters. The van der Waals surface area contributed by atoms with Crippen molar-refractivity contribution < 1.29 is 19.0 Å². The quantitative estimate of drug-likeness (QED) is 0.662. The number of carbonyl (C=O) groups excluding carboxylic acids is 1. The van der Waals surface area contributed by atoms with Crippen molar-refractivity contribution >= 4 is 18.6 Å². The van der Waals surface area contributed by atoms with Crippen molar-refractivity contribution in [2.45, 2.75) is 17.8 Å². The molecule has 1 aromatic rings. The Labute approximate surface area is 105 Å².